The molecule has 0 atom stereocenters. The van der Waals surface area contributed by atoms with Gasteiger partial charge in [0.2, 0.25) is 0 Å². The summed E-state index contributed by atoms with van der Waals surface area (Å²) < 4.78 is 1.62. The maximum Gasteiger partial charge on any atom is 0.118 e. The molecule has 0 unspecified atom stereocenters. The van der Waals surface area contributed by atoms with Gasteiger partial charge in [-0.2, -0.15) is 0 Å². The fourth-order valence-electron chi connectivity index (χ4n) is 0.585. The predicted molar refractivity (Wildman–Crippen MR) is 49.2 cm³/mol. The lowest BCUT2D eigenvalue weighted by molar-refractivity contribution is 1.25. The van der Waals surface area contributed by atoms with E-state index in [1.807, 2.05) is 6.08 Å². The molecule has 0 aromatic rings. The molecule has 53 valence electrons. The summed E-state index contributed by atoms with van der Waals surface area (Å²) in [7, 11) is 0. The van der Waals surface area contributed by atoms with Gasteiger partial charge in [0.1, 0.15) is 6.04 Å². The van der Waals surface area contributed by atoms with E-state index in [0.717, 1.165) is 8.96 Å². The van der Waals surface area contributed by atoms with Gasteiger partial charge in [-0.25, -0.2) is 0 Å². The smallest absolute Gasteiger partial charge is 0.118 e. The summed E-state index contributed by atoms with van der Waals surface area (Å²) in [5.74, 6) is 0. The molecule has 0 amide bonds. The molecule has 0 aromatic carbocycles. The minimum absolute atomic E-state index is 0.334. The summed E-state index contributed by atoms with van der Waals surface area (Å²) in [6, 6.07) is 0.475. The highest BCUT2D eigenvalue weighted by molar-refractivity contribution is 9.12. The Hall–Kier alpha value is 0.0700. The quantitative estimate of drug-likeness (QED) is 0.692. The van der Waals surface area contributed by atoms with E-state index in [-0.39, 0.29) is 0 Å². The normalized spacial score (nSPS) is 20.5. The third-order valence-electron chi connectivity index (χ3n) is 1.09. The SMILES string of the molecule is N=C1C=C(Br)C=C(Br)[C]1N. The van der Waals surface area contributed by atoms with Crippen molar-refractivity contribution in [1.82, 2.24) is 0 Å². The van der Waals surface area contributed by atoms with Crippen LogP contribution in [0.3, 0.4) is 0 Å². The van der Waals surface area contributed by atoms with Crippen LogP contribution in [0, 0.1) is 11.5 Å². The van der Waals surface area contributed by atoms with Gasteiger partial charge in [-0.15, -0.1) is 0 Å². The van der Waals surface area contributed by atoms with Crippen LogP contribution in [0.15, 0.2) is 21.1 Å². The zero-order valence-corrected chi connectivity index (χ0v) is 8.16. The van der Waals surface area contributed by atoms with Crippen LogP contribution in [0.25, 0.3) is 0 Å². The van der Waals surface area contributed by atoms with Crippen molar-refractivity contribution in [2.24, 2.45) is 5.73 Å². The molecule has 1 aliphatic rings. The highest BCUT2D eigenvalue weighted by Crippen LogP contribution is 2.26. The van der Waals surface area contributed by atoms with Crippen LogP contribution < -0.4 is 5.73 Å². The largest absolute Gasteiger partial charge is 0.314 e. The topological polar surface area (TPSA) is 49.9 Å². The first-order valence-electron chi connectivity index (χ1n) is 2.57. The predicted octanol–water partition coefficient (Wildman–Crippen LogP) is 2.07. The fraction of sp³-hybridized carbons (Fsp3) is 0. The van der Waals surface area contributed by atoms with Crippen molar-refractivity contribution >= 4 is 37.6 Å². The lowest BCUT2D eigenvalue weighted by atomic mass is 10.1. The molecule has 0 spiro atoms. The van der Waals surface area contributed by atoms with Gasteiger partial charge < -0.3 is 11.1 Å². The van der Waals surface area contributed by atoms with Crippen LogP contribution in [-0.2, 0) is 0 Å². The molecule has 0 heterocycles. The molecule has 0 saturated heterocycles. The molecular formula is C6H5Br2N2. The summed E-state index contributed by atoms with van der Waals surface area (Å²) in [4.78, 5) is 0. The van der Waals surface area contributed by atoms with Crippen molar-refractivity contribution in [3.63, 3.8) is 0 Å². The van der Waals surface area contributed by atoms with Crippen LogP contribution >= 0.6 is 31.9 Å². The molecule has 0 aromatic heterocycles. The van der Waals surface area contributed by atoms with Gasteiger partial charge in [-0.05, 0) is 12.2 Å². The maximum atomic E-state index is 7.32. The van der Waals surface area contributed by atoms with Crippen molar-refractivity contribution in [1.29, 1.82) is 5.41 Å². The number of hydrogen-bond donors (Lipinski definition) is 2. The second-order valence-electron chi connectivity index (χ2n) is 1.85. The van der Waals surface area contributed by atoms with Crippen LogP contribution in [-0.4, -0.2) is 5.71 Å². The van der Waals surface area contributed by atoms with E-state index in [0.29, 0.717) is 11.8 Å². The summed E-state index contributed by atoms with van der Waals surface area (Å²) >= 11 is 6.46. The van der Waals surface area contributed by atoms with Crippen molar-refractivity contribution in [3.05, 3.63) is 27.2 Å². The zero-order chi connectivity index (χ0) is 7.72. The van der Waals surface area contributed by atoms with Crippen molar-refractivity contribution in [2.45, 2.75) is 0 Å². The molecule has 1 rings (SSSR count). The number of halogens is 2. The van der Waals surface area contributed by atoms with Crippen molar-refractivity contribution < 1.29 is 0 Å². The van der Waals surface area contributed by atoms with Gasteiger partial charge in [0, 0.05) is 8.96 Å². The first-order valence-corrected chi connectivity index (χ1v) is 4.16. The molecule has 1 aliphatic carbocycles. The van der Waals surface area contributed by atoms with E-state index in [1.54, 1.807) is 6.08 Å². The lowest BCUT2D eigenvalue weighted by Gasteiger charge is -2.12. The Kier molecular flexibility index (Phi) is 2.44. The van der Waals surface area contributed by atoms with Gasteiger partial charge in [0.15, 0.2) is 0 Å². The van der Waals surface area contributed by atoms with Crippen molar-refractivity contribution in [2.75, 3.05) is 0 Å². The molecule has 0 bridgehead atoms. The Morgan fingerprint density at radius 3 is 2.40 bits per heavy atom. The van der Waals surface area contributed by atoms with Crippen LogP contribution in [0.2, 0.25) is 0 Å². The molecular weight excluding hydrogens is 260 g/mol. The van der Waals surface area contributed by atoms with E-state index in [1.165, 1.54) is 0 Å². The van der Waals surface area contributed by atoms with E-state index >= 15 is 0 Å². The molecule has 2 nitrogen and oxygen atoms in total. The monoisotopic (exact) mass is 263 g/mol. The van der Waals surface area contributed by atoms with Crippen LogP contribution in [0.4, 0.5) is 0 Å². The van der Waals surface area contributed by atoms with E-state index in [2.05, 4.69) is 31.9 Å². The van der Waals surface area contributed by atoms with Crippen molar-refractivity contribution in [3.8, 4) is 0 Å². The Balaban J connectivity index is 2.95. The second kappa shape index (κ2) is 2.98. The summed E-state index contributed by atoms with van der Waals surface area (Å²) in [5, 5.41) is 7.32. The molecule has 0 aliphatic heterocycles. The molecule has 0 saturated carbocycles. The standard InChI is InChI=1S/C6H5Br2N2/c7-3-1-4(8)6(10)5(9)2-3/h1-2,9H,10H2. The minimum atomic E-state index is 0.334. The third kappa shape index (κ3) is 1.56. The number of allylic oxidation sites excluding steroid dienone is 2. The number of hydrogen-bond acceptors (Lipinski definition) is 2. The first kappa shape index (κ1) is 8.17. The second-order valence-corrected chi connectivity index (χ2v) is 3.62. The Morgan fingerprint density at radius 2 is 1.90 bits per heavy atom. The minimum Gasteiger partial charge on any atom is -0.314 e. The number of nitrogens with one attached hydrogen (secondary N) is 1. The van der Waals surface area contributed by atoms with Gasteiger partial charge in [-0.1, -0.05) is 31.9 Å². The average molecular weight is 265 g/mol. The fourth-order valence-corrected chi connectivity index (χ4v) is 1.81. The zero-order valence-electron chi connectivity index (χ0n) is 4.99. The van der Waals surface area contributed by atoms with Gasteiger partial charge in [-0.3, -0.25) is 0 Å². The van der Waals surface area contributed by atoms with Crippen LogP contribution in [0.1, 0.15) is 0 Å². The average Bonchev–Trinajstić information content (AvgIpc) is 1.82. The number of rotatable bonds is 0. The van der Waals surface area contributed by atoms with Gasteiger partial charge in [0.25, 0.3) is 0 Å². The third-order valence-corrected chi connectivity index (χ3v) is 2.21. The van der Waals surface area contributed by atoms with Gasteiger partial charge >= 0.3 is 0 Å². The Morgan fingerprint density at radius 1 is 1.30 bits per heavy atom. The molecule has 1 radical (unpaired) electrons. The highest BCUT2D eigenvalue weighted by atomic mass is 79.9. The van der Waals surface area contributed by atoms with E-state index in [9.17, 15) is 0 Å². The molecule has 3 N–H and O–H groups in total. The Bertz CT molecular complexity index is 230. The molecule has 0 fully saturated rings. The first-order chi connectivity index (χ1) is 4.61. The molecule has 10 heavy (non-hydrogen) atoms. The summed E-state index contributed by atoms with van der Waals surface area (Å²) in [5.41, 5.74) is 5.83. The Labute approximate surface area is 75.9 Å². The lowest BCUT2D eigenvalue weighted by Crippen LogP contribution is -2.21. The molecule has 4 heteroatoms. The van der Waals surface area contributed by atoms with Crippen LogP contribution in [0.5, 0.6) is 0 Å². The summed E-state index contributed by atoms with van der Waals surface area (Å²) in [6.45, 7) is 0. The number of nitrogens with two attached hydrogens (primary N) is 1. The van der Waals surface area contributed by atoms with Gasteiger partial charge in [0.05, 0.1) is 5.71 Å². The maximum absolute atomic E-state index is 7.32. The summed E-state index contributed by atoms with van der Waals surface area (Å²) in [6.07, 6.45) is 3.47. The van der Waals surface area contributed by atoms with E-state index in [4.69, 9.17) is 11.1 Å². The van der Waals surface area contributed by atoms with E-state index < -0.39 is 0 Å². The highest BCUT2D eigenvalue weighted by Gasteiger charge is 2.16.